The SMILES string of the molecule is CCNC(=NCCCCC(=O)OC)N1CCCC(CC(N)=O)C1.I. The van der Waals surface area contributed by atoms with Crippen LogP contribution in [-0.2, 0) is 14.3 Å². The van der Waals surface area contributed by atoms with Crippen LogP contribution in [0, 0.1) is 5.92 Å². The summed E-state index contributed by atoms with van der Waals surface area (Å²) in [6, 6.07) is 0. The first-order valence-electron chi connectivity index (χ1n) is 8.45. The van der Waals surface area contributed by atoms with Crippen molar-refractivity contribution in [1.29, 1.82) is 0 Å². The first-order chi connectivity index (χ1) is 11.1. The number of ether oxygens (including phenoxy) is 1. The number of nitrogens with one attached hydrogen (secondary N) is 1. The van der Waals surface area contributed by atoms with Crippen LogP contribution < -0.4 is 11.1 Å². The van der Waals surface area contributed by atoms with E-state index in [1.54, 1.807) is 0 Å². The van der Waals surface area contributed by atoms with Gasteiger partial charge in [0.2, 0.25) is 5.91 Å². The lowest BCUT2D eigenvalue weighted by molar-refractivity contribution is -0.140. The number of nitrogens with two attached hydrogens (primary N) is 1. The maximum absolute atomic E-state index is 11.1. The molecule has 0 aromatic rings. The van der Waals surface area contributed by atoms with Gasteiger partial charge in [-0.1, -0.05) is 0 Å². The van der Waals surface area contributed by atoms with E-state index in [9.17, 15) is 9.59 Å². The summed E-state index contributed by atoms with van der Waals surface area (Å²) in [7, 11) is 1.41. The van der Waals surface area contributed by atoms with Crippen molar-refractivity contribution in [2.24, 2.45) is 16.6 Å². The van der Waals surface area contributed by atoms with Crippen LogP contribution in [0.25, 0.3) is 0 Å². The van der Waals surface area contributed by atoms with E-state index in [-0.39, 0.29) is 35.9 Å². The maximum Gasteiger partial charge on any atom is 0.305 e. The number of methoxy groups -OCH3 is 1. The third-order valence-electron chi connectivity index (χ3n) is 3.92. The van der Waals surface area contributed by atoms with E-state index in [0.717, 1.165) is 51.3 Å². The number of guanidine groups is 1. The Balaban J connectivity index is 0.00000529. The van der Waals surface area contributed by atoms with Crippen molar-refractivity contribution in [2.45, 2.75) is 45.4 Å². The molecular weight excluding hydrogens is 423 g/mol. The number of primary amides is 1. The Morgan fingerprint density at radius 1 is 1.38 bits per heavy atom. The molecule has 1 aliphatic rings. The smallest absolute Gasteiger partial charge is 0.305 e. The van der Waals surface area contributed by atoms with Gasteiger partial charge < -0.3 is 20.7 Å². The molecule has 8 heteroatoms. The van der Waals surface area contributed by atoms with Crippen molar-refractivity contribution in [2.75, 3.05) is 33.3 Å². The molecule has 0 bridgehead atoms. The van der Waals surface area contributed by atoms with Crippen molar-refractivity contribution in [3.8, 4) is 0 Å². The molecule has 3 N–H and O–H groups in total. The van der Waals surface area contributed by atoms with Crippen molar-refractivity contribution >= 4 is 41.8 Å². The number of carbonyl (C=O) groups is 2. The predicted molar refractivity (Wildman–Crippen MR) is 105 cm³/mol. The average molecular weight is 454 g/mol. The number of halogens is 1. The van der Waals surface area contributed by atoms with Gasteiger partial charge in [0.05, 0.1) is 7.11 Å². The van der Waals surface area contributed by atoms with E-state index < -0.39 is 0 Å². The van der Waals surface area contributed by atoms with E-state index >= 15 is 0 Å². The highest BCUT2D eigenvalue weighted by Crippen LogP contribution is 2.19. The second-order valence-electron chi connectivity index (χ2n) is 5.89. The molecule has 0 saturated carbocycles. The molecule has 0 aromatic carbocycles. The average Bonchev–Trinajstić information content (AvgIpc) is 2.53. The topological polar surface area (TPSA) is 97.0 Å². The van der Waals surface area contributed by atoms with Gasteiger partial charge >= 0.3 is 5.97 Å². The lowest BCUT2D eigenvalue weighted by atomic mass is 9.95. The summed E-state index contributed by atoms with van der Waals surface area (Å²) in [5.41, 5.74) is 5.31. The van der Waals surface area contributed by atoms with Gasteiger partial charge in [0.15, 0.2) is 5.96 Å². The molecule has 1 rings (SSSR count). The standard InChI is InChI=1S/C16H30N4O3.HI/c1-3-18-16(19-9-5-4-8-15(22)23-2)20-10-6-7-13(12-20)11-14(17)21;/h13H,3-12H2,1-2H3,(H2,17,21)(H,18,19);1H. The summed E-state index contributed by atoms with van der Waals surface area (Å²) < 4.78 is 4.62. The molecule has 0 radical (unpaired) electrons. The lowest BCUT2D eigenvalue weighted by Gasteiger charge is -2.34. The fraction of sp³-hybridized carbons (Fsp3) is 0.812. The summed E-state index contributed by atoms with van der Waals surface area (Å²) >= 11 is 0. The number of nitrogens with zero attached hydrogens (tertiary/aromatic N) is 2. The summed E-state index contributed by atoms with van der Waals surface area (Å²) in [6.45, 7) is 5.28. The molecule has 1 amide bonds. The molecule has 0 spiro atoms. The number of hydrogen-bond acceptors (Lipinski definition) is 4. The monoisotopic (exact) mass is 454 g/mol. The first-order valence-corrected chi connectivity index (χ1v) is 8.45. The highest BCUT2D eigenvalue weighted by molar-refractivity contribution is 14.0. The molecule has 1 aliphatic heterocycles. The van der Waals surface area contributed by atoms with Crippen molar-refractivity contribution in [3.63, 3.8) is 0 Å². The molecule has 1 saturated heterocycles. The van der Waals surface area contributed by atoms with Crippen LogP contribution >= 0.6 is 24.0 Å². The first kappa shape index (κ1) is 22.9. The summed E-state index contributed by atoms with van der Waals surface area (Å²) in [5.74, 6) is 0.789. The Labute approximate surface area is 161 Å². The fourth-order valence-corrected chi connectivity index (χ4v) is 2.80. The zero-order valence-electron chi connectivity index (χ0n) is 14.8. The molecule has 1 heterocycles. The maximum atomic E-state index is 11.1. The Bertz CT molecular complexity index is 418. The van der Waals surface area contributed by atoms with E-state index in [1.807, 2.05) is 6.92 Å². The quantitative estimate of drug-likeness (QED) is 0.191. The Morgan fingerprint density at radius 2 is 2.12 bits per heavy atom. The number of aliphatic imine (C=N–C) groups is 1. The van der Waals surface area contributed by atoms with E-state index in [0.29, 0.717) is 25.3 Å². The summed E-state index contributed by atoms with van der Waals surface area (Å²) in [4.78, 5) is 29.0. The Morgan fingerprint density at radius 3 is 2.75 bits per heavy atom. The van der Waals surface area contributed by atoms with Gasteiger partial charge in [0.25, 0.3) is 0 Å². The molecule has 7 nitrogen and oxygen atoms in total. The number of hydrogen-bond donors (Lipinski definition) is 2. The second kappa shape index (κ2) is 13.3. The van der Waals surface area contributed by atoms with Crippen LogP contribution in [0.15, 0.2) is 4.99 Å². The number of unbranched alkanes of at least 4 members (excludes halogenated alkanes) is 1. The number of carbonyl (C=O) groups excluding carboxylic acids is 2. The van der Waals surface area contributed by atoms with Crippen molar-refractivity contribution in [1.82, 2.24) is 10.2 Å². The third kappa shape index (κ3) is 9.29. The normalized spacial score (nSPS) is 17.8. The molecule has 24 heavy (non-hydrogen) atoms. The molecule has 1 atom stereocenters. The second-order valence-corrected chi connectivity index (χ2v) is 5.89. The largest absolute Gasteiger partial charge is 0.469 e. The van der Waals surface area contributed by atoms with Crippen LogP contribution in [0.5, 0.6) is 0 Å². The van der Waals surface area contributed by atoms with Gasteiger partial charge in [-0.3, -0.25) is 14.6 Å². The zero-order chi connectivity index (χ0) is 17.1. The molecule has 140 valence electrons. The fourth-order valence-electron chi connectivity index (χ4n) is 2.80. The van der Waals surface area contributed by atoms with E-state index in [1.165, 1.54) is 7.11 Å². The molecule has 1 fully saturated rings. The molecule has 1 unspecified atom stereocenters. The summed E-state index contributed by atoms with van der Waals surface area (Å²) in [5, 5.41) is 3.31. The van der Waals surface area contributed by atoms with Crippen LogP contribution in [0.2, 0.25) is 0 Å². The zero-order valence-corrected chi connectivity index (χ0v) is 17.1. The minimum absolute atomic E-state index is 0. The number of likely N-dealkylation sites (tertiary alicyclic amines) is 1. The molecular formula is C16H31IN4O3. The lowest BCUT2D eigenvalue weighted by Crippen LogP contribution is -2.47. The number of esters is 1. The van der Waals surface area contributed by atoms with E-state index in [2.05, 4.69) is 19.9 Å². The van der Waals surface area contributed by atoms with Crippen LogP contribution in [0.4, 0.5) is 0 Å². The van der Waals surface area contributed by atoms with Gasteiger partial charge in [-0.25, -0.2) is 0 Å². The number of amides is 1. The highest BCUT2D eigenvalue weighted by Gasteiger charge is 2.23. The van der Waals surface area contributed by atoms with Crippen molar-refractivity contribution < 1.29 is 14.3 Å². The molecule has 0 aromatic heterocycles. The number of rotatable bonds is 8. The van der Waals surface area contributed by atoms with Crippen LogP contribution in [-0.4, -0.2) is 56.0 Å². The van der Waals surface area contributed by atoms with Gasteiger partial charge in [0.1, 0.15) is 0 Å². The van der Waals surface area contributed by atoms with E-state index in [4.69, 9.17) is 5.73 Å². The Kier molecular flexibility index (Phi) is 12.7. The Hall–Kier alpha value is -1.06. The molecule has 0 aliphatic carbocycles. The van der Waals surface area contributed by atoms with Crippen LogP contribution in [0.1, 0.15) is 45.4 Å². The predicted octanol–water partition coefficient (Wildman–Crippen LogP) is 1.50. The van der Waals surface area contributed by atoms with Gasteiger partial charge in [-0.05, 0) is 38.5 Å². The van der Waals surface area contributed by atoms with Gasteiger partial charge in [-0.2, -0.15) is 0 Å². The minimum Gasteiger partial charge on any atom is -0.469 e. The van der Waals surface area contributed by atoms with Crippen LogP contribution in [0.3, 0.4) is 0 Å². The highest BCUT2D eigenvalue weighted by atomic mass is 127. The van der Waals surface area contributed by atoms with Gasteiger partial charge in [0, 0.05) is 39.0 Å². The summed E-state index contributed by atoms with van der Waals surface area (Å²) in [6.07, 6.45) is 4.59. The number of piperidine rings is 1. The minimum atomic E-state index is -0.235. The van der Waals surface area contributed by atoms with Gasteiger partial charge in [-0.15, -0.1) is 24.0 Å². The third-order valence-corrected chi connectivity index (χ3v) is 3.92. The van der Waals surface area contributed by atoms with Crippen molar-refractivity contribution in [3.05, 3.63) is 0 Å².